The van der Waals surface area contributed by atoms with Gasteiger partial charge in [-0.05, 0) is 23.7 Å². The van der Waals surface area contributed by atoms with Crippen LogP contribution in [-0.4, -0.2) is 27.3 Å². The second kappa shape index (κ2) is 7.37. The van der Waals surface area contributed by atoms with E-state index in [1.54, 1.807) is 6.20 Å². The number of nitrogens with zero attached hydrogens (tertiary/aromatic N) is 3. The van der Waals surface area contributed by atoms with Gasteiger partial charge in [0.15, 0.2) is 5.76 Å². The lowest BCUT2D eigenvalue weighted by atomic mass is 10.0. The number of nitrogens with one attached hydrogen (secondary N) is 1. The number of benzene rings is 2. The number of rotatable bonds is 6. The second-order valence-electron chi connectivity index (χ2n) is 6.36. The van der Waals surface area contributed by atoms with Gasteiger partial charge in [-0.2, -0.15) is 5.10 Å². The molecule has 0 radical (unpaired) electrons. The largest absolute Gasteiger partial charge is 0.360 e. The van der Waals surface area contributed by atoms with Gasteiger partial charge in [-0.3, -0.25) is 10.00 Å². The molecule has 0 saturated carbocycles. The fraction of sp³-hybridized carbons (Fsp3) is 0.143. The molecule has 5 heteroatoms. The summed E-state index contributed by atoms with van der Waals surface area (Å²) in [6, 6.07) is 20.8. The van der Waals surface area contributed by atoms with Crippen LogP contribution in [-0.2, 0) is 13.1 Å². The van der Waals surface area contributed by atoms with Crippen LogP contribution in [0.1, 0.15) is 11.3 Å². The number of hydrogen-bond donors (Lipinski definition) is 1. The molecular weight excluding hydrogens is 324 g/mol. The SMILES string of the molecule is CN(Cc1ccno1)Cc1cn[nH]c1-c1ccc(-c2ccccc2)cc1. The predicted molar refractivity (Wildman–Crippen MR) is 101 cm³/mol. The van der Waals surface area contributed by atoms with Gasteiger partial charge >= 0.3 is 0 Å². The van der Waals surface area contributed by atoms with Crippen LogP contribution < -0.4 is 0 Å². The average molecular weight is 344 g/mol. The monoisotopic (exact) mass is 344 g/mol. The maximum atomic E-state index is 5.18. The topological polar surface area (TPSA) is 58.0 Å². The van der Waals surface area contributed by atoms with Crippen molar-refractivity contribution < 1.29 is 4.52 Å². The molecule has 4 aromatic rings. The van der Waals surface area contributed by atoms with Crippen LogP contribution in [0.25, 0.3) is 22.4 Å². The van der Waals surface area contributed by atoms with E-state index in [0.717, 1.165) is 29.1 Å². The van der Waals surface area contributed by atoms with Crippen LogP contribution >= 0.6 is 0 Å². The maximum absolute atomic E-state index is 5.18. The predicted octanol–water partition coefficient (Wildman–Crippen LogP) is 4.36. The molecule has 2 heterocycles. The van der Waals surface area contributed by atoms with Gasteiger partial charge in [0.25, 0.3) is 0 Å². The highest BCUT2D eigenvalue weighted by Crippen LogP contribution is 2.26. The van der Waals surface area contributed by atoms with Gasteiger partial charge in [0.05, 0.1) is 24.6 Å². The van der Waals surface area contributed by atoms with Crippen LogP contribution in [0.5, 0.6) is 0 Å². The van der Waals surface area contributed by atoms with E-state index in [0.29, 0.717) is 6.54 Å². The van der Waals surface area contributed by atoms with Crippen LogP contribution in [0.2, 0.25) is 0 Å². The molecule has 0 atom stereocenters. The molecule has 26 heavy (non-hydrogen) atoms. The number of hydrogen-bond acceptors (Lipinski definition) is 4. The minimum atomic E-state index is 0.706. The zero-order chi connectivity index (χ0) is 17.8. The molecule has 0 bridgehead atoms. The molecule has 4 rings (SSSR count). The second-order valence-corrected chi connectivity index (χ2v) is 6.36. The zero-order valence-electron chi connectivity index (χ0n) is 14.6. The molecule has 0 fully saturated rings. The Morgan fingerprint density at radius 1 is 0.885 bits per heavy atom. The van der Waals surface area contributed by atoms with E-state index < -0.39 is 0 Å². The number of aromatic amines is 1. The first-order valence-corrected chi connectivity index (χ1v) is 8.56. The first-order chi connectivity index (χ1) is 12.8. The minimum Gasteiger partial charge on any atom is -0.360 e. The van der Waals surface area contributed by atoms with E-state index in [1.165, 1.54) is 11.1 Å². The van der Waals surface area contributed by atoms with Crippen LogP contribution in [0.3, 0.4) is 0 Å². The van der Waals surface area contributed by atoms with E-state index in [9.17, 15) is 0 Å². The van der Waals surface area contributed by atoms with Gasteiger partial charge < -0.3 is 4.52 Å². The van der Waals surface area contributed by atoms with E-state index in [2.05, 4.69) is 75.8 Å². The van der Waals surface area contributed by atoms with Gasteiger partial charge in [-0.1, -0.05) is 59.8 Å². The molecule has 0 amide bonds. The summed E-state index contributed by atoms with van der Waals surface area (Å²) in [6.07, 6.45) is 3.55. The Morgan fingerprint density at radius 2 is 1.62 bits per heavy atom. The van der Waals surface area contributed by atoms with Crippen LogP contribution in [0, 0.1) is 0 Å². The highest BCUT2D eigenvalue weighted by molar-refractivity contribution is 5.69. The minimum absolute atomic E-state index is 0.706. The molecule has 0 aliphatic rings. The molecule has 5 nitrogen and oxygen atoms in total. The smallest absolute Gasteiger partial charge is 0.150 e. The van der Waals surface area contributed by atoms with Crippen molar-refractivity contribution in [3.8, 4) is 22.4 Å². The molecule has 0 unspecified atom stereocenters. The van der Waals surface area contributed by atoms with E-state index in [-0.39, 0.29) is 0 Å². The fourth-order valence-corrected chi connectivity index (χ4v) is 3.08. The molecule has 0 aliphatic carbocycles. The normalized spacial score (nSPS) is 11.2. The Morgan fingerprint density at radius 3 is 2.35 bits per heavy atom. The maximum Gasteiger partial charge on any atom is 0.150 e. The molecule has 1 N–H and O–H groups in total. The Labute approximate surface area is 152 Å². The third-order valence-electron chi connectivity index (χ3n) is 4.36. The van der Waals surface area contributed by atoms with Gasteiger partial charge in [0, 0.05) is 18.2 Å². The van der Waals surface area contributed by atoms with Crippen molar-refractivity contribution in [1.29, 1.82) is 0 Å². The van der Waals surface area contributed by atoms with Gasteiger partial charge in [0.2, 0.25) is 0 Å². The highest BCUT2D eigenvalue weighted by atomic mass is 16.5. The summed E-state index contributed by atoms with van der Waals surface area (Å²) in [7, 11) is 2.05. The first-order valence-electron chi connectivity index (χ1n) is 8.56. The molecule has 0 spiro atoms. The van der Waals surface area contributed by atoms with E-state index in [1.807, 2.05) is 18.3 Å². The van der Waals surface area contributed by atoms with Crippen molar-refractivity contribution in [2.45, 2.75) is 13.1 Å². The summed E-state index contributed by atoms with van der Waals surface area (Å²) in [5, 5.41) is 11.1. The molecular formula is C21H20N4O. The number of aromatic nitrogens is 3. The fourth-order valence-electron chi connectivity index (χ4n) is 3.08. The van der Waals surface area contributed by atoms with Crippen molar-refractivity contribution in [1.82, 2.24) is 20.3 Å². The quantitative estimate of drug-likeness (QED) is 0.564. The average Bonchev–Trinajstić information content (AvgIpc) is 3.35. The van der Waals surface area contributed by atoms with Crippen molar-refractivity contribution in [2.24, 2.45) is 0 Å². The summed E-state index contributed by atoms with van der Waals surface area (Å²) in [4.78, 5) is 2.17. The Kier molecular flexibility index (Phi) is 4.62. The summed E-state index contributed by atoms with van der Waals surface area (Å²) < 4.78 is 5.18. The Hall–Kier alpha value is -3.18. The van der Waals surface area contributed by atoms with Crippen molar-refractivity contribution in [3.05, 3.63) is 84.4 Å². The lowest BCUT2D eigenvalue weighted by Crippen LogP contribution is -2.17. The van der Waals surface area contributed by atoms with Crippen molar-refractivity contribution in [2.75, 3.05) is 7.05 Å². The third kappa shape index (κ3) is 3.58. The highest BCUT2D eigenvalue weighted by Gasteiger charge is 2.12. The van der Waals surface area contributed by atoms with Gasteiger partial charge in [-0.15, -0.1) is 0 Å². The standard InChI is InChI=1S/C21H20N4O/c1-25(15-20-11-12-23-26-20)14-19-13-22-24-21(19)18-9-7-17(8-10-18)16-5-3-2-4-6-16/h2-13H,14-15H2,1H3,(H,22,24). The first kappa shape index (κ1) is 16.3. The van der Waals surface area contributed by atoms with Crippen molar-refractivity contribution in [3.63, 3.8) is 0 Å². The third-order valence-corrected chi connectivity index (χ3v) is 4.36. The van der Waals surface area contributed by atoms with Gasteiger partial charge in [-0.25, -0.2) is 0 Å². The lowest BCUT2D eigenvalue weighted by Gasteiger charge is -2.14. The molecule has 130 valence electrons. The summed E-state index contributed by atoms with van der Waals surface area (Å²) in [5.41, 5.74) is 5.76. The van der Waals surface area contributed by atoms with E-state index in [4.69, 9.17) is 4.52 Å². The number of H-pyrrole nitrogens is 1. The summed E-state index contributed by atoms with van der Waals surface area (Å²) in [6.45, 7) is 1.48. The molecule has 0 aliphatic heterocycles. The van der Waals surface area contributed by atoms with Crippen LogP contribution in [0.4, 0.5) is 0 Å². The van der Waals surface area contributed by atoms with Gasteiger partial charge in [0.1, 0.15) is 0 Å². The molecule has 2 aromatic carbocycles. The van der Waals surface area contributed by atoms with Crippen molar-refractivity contribution >= 4 is 0 Å². The Bertz CT molecular complexity index is 943. The summed E-state index contributed by atoms with van der Waals surface area (Å²) in [5.74, 6) is 0.852. The summed E-state index contributed by atoms with van der Waals surface area (Å²) >= 11 is 0. The lowest BCUT2D eigenvalue weighted by molar-refractivity contribution is 0.267. The Balaban J connectivity index is 1.51. The molecule has 0 saturated heterocycles. The van der Waals surface area contributed by atoms with E-state index >= 15 is 0 Å². The van der Waals surface area contributed by atoms with Crippen LogP contribution in [0.15, 0.2) is 77.6 Å². The zero-order valence-corrected chi connectivity index (χ0v) is 14.6. The molecule has 2 aromatic heterocycles.